The fraction of sp³-hybridized carbons (Fsp3) is 0.429. The van der Waals surface area contributed by atoms with Crippen LogP contribution in [-0.2, 0) is 10.3 Å². The molecule has 1 aliphatic heterocycles. The molecule has 0 bridgehead atoms. The van der Waals surface area contributed by atoms with Crippen molar-refractivity contribution in [2.24, 2.45) is 0 Å². The molecule has 0 saturated carbocycles. The van der Waals surface area contributed by atoms with Crippen LogP contribution in [0, 0.1) is 10.1 Å². The van der Waals surface area contributed by atoms with Gasteiger partial charge in [0.2, 0.25) is 0 Å². The second-order valence-corrected chi connectivity index (χ2v) is 5.87. The fourth-order valence-electron chi connectivity index (χ4n) is 2.65. The lowest BCUT2D eigenvalue weighted by Gasteiger charge is -2.34. The number of likely N-dealkylation sites (tertiary alicyclic amines) is 1. The summed E-state index contributed by atoms with van der Waals surface area (Å²) in [6, 6.07) is 3.76. The zero-order valence-electron chi connectivity index (χ0n) is 12.4. The van der Waals surface area contributed by atoms with Gasteiger partial charge in [0.1, 0.15) is 16.7 Å². The van der Waals surface area contributed by atoms with Gasteiger partial charge in [-0.2, -0.15) is 0 Å². The highest BCUT2D eigenvalue weighted by molar-refractivity contribution is 6.32. The minimum Gasteiger partial charge on any atom is -0.530 e. The van der Waals surface area contributed by atoms with E-state index in [9.17, 15) is 24.8 Å². The maximum absolute atomic E-state index is 12.7. The highest BCUT2D eigenvalue weighted by Gasteiger charge is 2.40. The van der Waals surface area contributed by atoms with Crippen LogP contribution in [0.25, 0.3) is 0 Å². The fourth-order valence-corrected chi connectivity index (χ4v) is 2.84. The Morgan fingerprint density at radius 2 is 1.96 bits per heavy atom. The molecule has 1 heterocycles. The first-order valence-electron chi connectivity index (χ1n) is 6.98. The van der Waals surface area contributed by atoms with Crippen LogP contribution in [0.4, 0.5) is 10.5 Å². The first-order chi connectivity index (χ1) is 10.8. The summed E-state index contributed by atoms with van der Waals surface area (Å²) in [6.45, 7) is 2.38. The number of amides is 2. The lowest BCUT2D eigenvalue weighted by Crippen LogP contribution is -2.57. The monoisotopic (exact) mass is 340 g/mol. The van der Waals surface area contributed by atoms with Crippen molar-refractivity contribution in [1.82, 2.24) is 10.2 Å². The summed E-state index contributed by atoms with van der Waals surface area (Å²) in [5.41, 5.74) is -1.95. The van der Waals surface area contributed by atoms with E-state index in [1.54, 1.807) is 0 Å². The van der Waals surface area contributed by atoms with Gasteiger partial charge in [-0.3, -0.25) is 14.9 Å². The second kappa shape index (κ2) is 6.41. The first kappa shape index (κ1) is 17.0. The Hall–Kier alpha value is -2.35. The Bertz CT molecular complexity index is 660. The zero-order valence-corrected chi connectivity index (χ0v) is 13.1. The molecule has 1 aromatic carbocycles. The quantitative estimate of drug-likeness (QED) is 0.649. The molecule has 1 aromatic rings. The molecule has 1 N–H and O–H groups in total. The predicted octanol–water partition coefficient (Wildman–Crippen LogP) is 1.02. The summed E-state index contributed by atoms with van der Waals surface area (Å²) in [5.74, 6) is -0.476. The Balaban J connectivity index is 2.49. The van der Waals surface area contributed by atoms with E-state index < -0.39 is 28.2 Å². The second-order valence-electron chi connectivity index (χ2n) is 5.46. The number of nitro groups is 1. The molecular weight excluding hydrogens is 326 g/mol. The number of hydrogen-bond donors (Lipinski definition) is 1. The number of halogens is 1. The maximum Gasteiger partial charge on any atom is 0.288 e. The molecule has 8 nitrogen and oxygen atoms in total. The van der Waals surface area contributed by atoms with Gasteiger partial charge in [0, 0.05) is 19.2 Å². The number of hydrogen-bond acceptors (Lipinski definition) is 5. The number of benzene rings is 1. The lowest BCUT2D eigenvalue weighted by atomic mass is 9.90. The van der Waals surface area contributed by atoms with Gasteiger partial charge in [0.15, 0.2) is 0 Å². The van der Waals surface area contributed by atoms with E-state index in [0.29, 0.717) is 13.1 Å². The Kier molecular flexibility index (Phi) is 4.74. The van der Waals surface area contributed by atoms with Crippen molar-refractivity contribution in [3.63, 3.8) is 0 Å². The van der Waals surface area contributed by atoms with E-state index >= 15 is 0 Å². The molecule has 2 amide bonds. The summed E-state index contributed by atoms with van der Waals surface area (Å²) in [6.07, 6.45) is 0.0135. The van der Waals surface area contributed by atoms with Crippen LogP contribution in [0.5, 0.6) is 0 Å². The number of carboxylic acid groups (broad SMARTS) is 1. The number of nitrogens with zero attached hydrogens (tertiary/aromatic N) is 2. The van der Waals surface area contributed by atoms with Crippen LogP contribution in [0.15, 0.2) is 18.2 Å². The standard InChI is InChI=1S/C14H16ClN3O5/c1-14(16-13(20)21,12(19)17-6-2-3-7-17)9-4-5-10(15)11(8-9)18(22)23/h4-5,8,16H,2-3,6-7H2,1H3,(H,20,21)/p-1. The van der Waals surface area contributed by atoms with Gasteiger partial charge in [-0.25, -0.2) is 0 Å². The molecule has 0 spiro atoms. The highest BCUT2D eigenvalue weighted by atomic mass is 35.5. The number of carbonyl (C=O) groups excluding carboxylic acids is 2. The summed E-state index contributed by atoms with van der Waals surface area (Å²) >= 11 is 5.77. The molecule has 9 heteroatoms. The van der Waals surface area contributed by atoms with Crippen LogP contribution >= 0.6 is 11.6 Å². The number of nitrogens with one attached hydrogen (secondary N) is 1. The van der Waals surface area contributed by atoms with E-state index in [0.717, 1.165) is 18.9 Å². The first-order valence-corrected chi connectivity index (χ1v) is 7.36. The number of carbonyl (C=O) groups is 2. The smallest absolute Gasteiger partial charge is 0.288 e. The van der Waals surface area contributed by atoms with Crippen LogP contribution in [-0.4, -0.2) is 34.9 Å². The van der Waals surface area contributed by atoms with Gasteiger partial charge in [-0.05, 0) is 31.4 Å². The third-order valence-electron chi connectivity index (χ3n) is 3.89. The molecule has 1 saturated heterocycles. The van der Waals surface area contributed by atoms with Crippen molar-refractivity contribution in [1.29, 1.82) is 0 Å². The average molecular weight is 341 g/mol. The van der Waals surface area contributed by atoms with Crippen LogP contribution in [0.3, 0.4) is 0 Å². The molecule has 0 aliphatic carbocycles. The summed E-state index contributed by atoms with van der Waals surface area (Å²) in [5, 5.41) is 24.1. The SMILES string of the molecule is CC(NC(=O)[O-])(C(=O)N1CCCC1)c1ccc(Cl)c([N+](=O)[O-])c1. The van der Waals surface area contributed by atoms with Crippen molar-refractivity contribution >= 4 is 29.3 Å². The van der Waals surface area contributed by atoms with E-state index in [4.69, 9.17) is 11.6 Å². The highest BCUT2D eigenvalue weighted by Crippen LogP contribution is 2.32. The number of nitro benzene ring substituents is 1. The minimum atomic E-state index is -1.68. The molecular formula is C14H15ClN3O5-. The molecule has 124 valence electrons. The van der Waals surface area contributed by atoms with Crippen molar-refractivity contribution < 1.29 is 19.6 Å². The minimum absolute atomic E-state index is 0.0943. The van der Waals surface area contributed by atoms with E-state index in [1.807, 2.05) is 0 Å². The molecule has 1 unspecified atom stereocenters. The van der Waals surface area contributed by atoms with Gasteiger partial charge in [-0.1, -0.05) is 17.7 Å². The third-order valence-corrected chi connectivity index (χ3v) is 4.21. The van der Waals surface area contributed by atoms with Gasteiger partial charge in [0.25, 0.3) is 11.6 Å². The van der Waals surface area contributed by atoms with Gasteiger partial charge in [-0.15, -0.1) is 0 Å². The largest absolute Gasteiger partial charge is 0.530 e. The molecule has 1 fully saturated rings. The zero-order chi connectivity index (χ0) is 17.2. The molecule has 1 aliphatic rings. The van der Waals surface area contributed by atoms with Gasteiger partial charge >= 0.3 is 0 Å². The van der Waals surface area contributed by atoms with E-state index in [2.05, 4.69) is 5.32 Å². The Morgan fingerprint density at radius 3 is 2.48 bits per heavy atom. The normalized spacial score (nSPS) is 16.7. The summed E-state index contributed by atoms with van der Waals surface area (Å²) in [7, 11) is 0. The van der Waals surface area contributed by atoms with Crippen molar-refractivity contribution in [2.75, 3.05) is 13.1 Å². The topological polar surface area (TPSA) is 116 Å². The molecule has 2 rings (SSSR count). The van der Waals surface area contributed by atoms with E-state index in [-0.39, 0.29) is 10.6 Å². The van der Waals surface area contributed by atoms with Crippen molar-refractivity contribution in [3.8, 4) is 0 Å². The van der Waals surface area contributed by atoms with Crippen molar-refractivity contribution in [3.05, 3.63) is 38.9 Å². The molecule has 23 heavy (non-hydrogen) atoms. The maximum atomic E-state index is 12.7. The third kappa shape index (κ3) is 3.37. The van der Waals surface area contributed by atoms with Crippen LogP contribution in [0.2, 0.25) is 5.02 Å². The Labute approximate surface area is 137 Å². The lowest BCUT2D eigenvalue weighted by molar-refractivity contribution is -0.384. The van der Waals surface area contributed by atoms with Gasteiger partial charge in [0.05, 0.1) is 4.92 Å². The molecule has 0 aromatic heterocycles. The predicted molar refractivity (Wildman–Crippen MR) is 79.8 cm³/mol. The summed E-state index contributed by atoms with van der Waals surface area (Å²) in [4.78, 5) is 35.6. The van der Waals surface area contributed by atoms with E-state index in [1.165, 1.54) is 24.0 Å². The van der Waals surface area contributed by atoms with Gasteiger partial charge < -0.3 is 20.1 Å². The molecule has 0 radical (unpaired) electrons. The summed E-state index contributed by atoms with van der Waals surface area (Å²) < 4.78 is 0. The average Bonchev–Trinajstić information content (AvgIpc) is 2.99. The van der Waals surface area contributed by atoms with Crippen LogP contribution < -0.4 is 10.4 Å². The Morgan fingerprint density at radius 1 is 1.35 bits per heavy atom. The van der Waals surface area contributed by atoms with Crippen LogP contribution in [0.1, 0.15) is 25.3 Å². The molecule has 1 atom stereocenters. The van der Waals surface area contributed by atoms with Crippen molar-refractivity contribution in [2.45, 2.75) is 25.3 Å². The number of rotatable bonds is 4.